The van der Waals surface area contributed by atoms with Crippen molar-refractivity contribution in [3.63, 3.8) is 0 Å². The van der Waals surface area contributed by atoms with Gasteiger partial charge in [0.1, 0.15) is 5.58 Å². The van der Waals surface area contributed by atoms with Gasteiger partial charge in [0, 0.05) is 6.07 Å². The number of hydrogen-bond acceptors (Lipinski definition) is 7. The number of benzene rings is 2. The predicted octanol–water partition coefficient (Wildman–Crippen LogP) is 3.20. The molecule has 0 aliphatic carbocycles. The fraction of sp³-hybridized carbons (Fsp3) is 0.0526. The molecule has 27 heavy (non-hydrogen) atoms. The van der Waals surface area contributed by atoms with Gasteiger partial charge in [-0.3, -0.25) is 14.9 Å². The van der Waals surface area contributed by atoms with Gasteiger partial charge < -0.3 is 9.15 Å². The van der Waals surface area contributed by atoms with Crippen LogP contribution in [0.25, 0.3) is 21.2 Å². The monoisotopic (exact) mass is 380 g/mol. The van der Waals surface area contributed by atoms with Crippen molar-refractivity contribution < 1.29 is 18.7 Å². The van der Waals surface area contributed by atoms with E-state index in [1.807, 2.05) is 24.3 Å². The quantitative estimate of drug-likeness (QED) is 0.546. The smallest absolute Gasteiger partial charge is 0.374 e. The number of ether oxygens (including phenoxy) is 1. The van der Waals surface area contributed by atoms with E-state index >= 15 is 0 Å². The lowest BCUT2D eigenvalue weighted by atomic mass is 10.2. The molecule has 7 nitrogen and oxygen atoms in total. The van der Waals surface area contributed by atoms with Crippen molar-refractivity contribution in [2.45, 2.75) is 0 Å². The van der Waals surface area contributed by atoms with Crippen molar-refractivity contribution in [2.75, 3.05) is 11.9 Å². The molecule has 0 radical (unpaired) electrons. The van der Waals surface area contributed by atoms with Crippen LogP contribution in [0.5, 0.6) is 0 Å². The van der Waals surface area contributed by atoms with Crippen LogP contribution in [0.3, 0.4) is 0 Å². The summed E-state index contributed by atoms with van der Waals surface area (Å²) in [7, 11) is 0. The number of aromatic nitrogens is 1. The number of hydrogen-bond donors (Lipinski definition) is 1. The Bertz CT molecular complexity index is 1190. The molecule has 4 aromatic rings. The number of nitrogens with zero attached hydrogens (tertiary/aromatic N) is 1. The molecule has 0 aliphatic heterocycles. The van der Waals surface area contributed by atoms with Gasteiger partial charge >= 0.3 is 5.97 Å². The van der Waals surface area contributed by atoms with Crippen molar-refractivity contribution >= 4 is 49.5 Å². The Hall–Kier alpha value is -3.52. The number of nitrogens with one attached hydrogen (secondary N) is 1. The molecular formula is C19H12N2O5S. The zero-order valence-electron chi connectivity index (χ0n) is 13.8. The van der Waals surface area contributed by atoms with E-state index in [2.05, 4.69) is 10.3 Å². The van der Waals surface area contributed by atoms with Gasteiger partial charge in [-0.05, 0) is 24.3 Å². The van der Waals surface area contributed by atoms with Crippen LogP contribution < -0.4 is 10.7 Å². The van der Waals surface area contributed by atoms with Crippen LogP contribution in [-0.4, -0.2) is 23.5 Å². The minimum absolute atomic E-state index is 0.258. The molecule has 1 amide bonds. The lowest BCUT2D eigenvalue weighted by Gasteiger charge is -2.05. The summed E-state index contributed by atoms with van der Waals surface area (Å²) in [5.41, 5.74) is 0.686. The molecule has 0 saturated heterocycles. The number of esters is 1. The van der Waals surface area contributed by atoms with E-state index in [9.17, 15) is 14.4 Å². The van der Waals surface area contributed by atoms with Gasteiger partial charge in [0.15, 0.2) is 17.2 Å². The number of fused-ring (bicyclic) bond motifs is 2. The fourth-order valence-electron chi connectivity index (χ4n) is 2.49. The van der Waals surface area contributed by atoms with E-state index in [-0.39, 0.29) is 16.8 Å². The molecule has 0 aliphatic rings. The van der Waals surface area contributed by atoms with E-state index in [0.29, 0.717) is 10.5 Å². The van der Waals surface area contributed by atoms with Gasteiger partial charge in [0.25, 0.3) is 5.91 Å². The van der Waals surface area contributed by atoms with E-state index < -0.39 is 18.5 Å². The summed E-state index contributed by atoms with van der Waals surface area (Å²) in [6.45, 7) is -0.523. The Morgan fingerprint density at radius 2 is 1.89 bits per heavy atom. The second-order valence-electron chi connectivity index (χ2n) is 5.58. The second-order valence-corrected chi connectivity index (χ2v) is 6.61. The Labute approximate surface area is 156 Å². The Morgan fingerprint density at radius 1 is 1.11 bits per heavy atom. The maximum Gasteiger partial charge on any atom is 0.374 e. The first-order valence-electron chi connectivity index (χ1n) is 7.95. The van der Waals surface area contributed by atoms with Gasteiger partial charge in [0.2, 0.25) is 5.76 Å². The van der Waals surface area contributed by atoms with Crippen molar-refractivity contribution in [3.8, 4) is 0 Å². The number of para-hydroxylation sites is 2. The molecule has 0 fully saturated rings. The standard InChI is InChI=1S/C19H12N2O5S/c22-13-9-15(26-14-7-3-1-5-11(13)14)18(24)25-10-17(23)21-19-20-12-6-2-4-8-16(12)27-19/h1-9H,10H2,(H,20,21,23). The predicted molar refractivity (Wildman–Crippen MR) is 101 cm³/mol. The Morgan fingerprint density at radius 3 is 2.74 bits per heavy atom. The molecule has 0 spiro atoms. The molecule has 2 aromatic heterocycles. The third-order valence-electron chi connectivity index (χ3n) is 3.71. The number of carbonyl (C=O) groups is 2. The molecule has 0 atom stereocenters. The number of rotatable bonds is 4. The van der Waals surface area contributed by atoms with Gasteiger partial charge in [-0.1, -0.05) is 35.6 Å². The molecule has 8 heteroatoms. The molecule has 1 N–H and O–H groups in total. The van der Waals surface area contributed by atoms with Crippen molar-refractivity contribution in [3.05, 3.63) is 70.6 Å². The molecule has 134 valence electrons. The maximum absolute atomic E-state index is 12.1. The van der Waals surface area contributed by atoms with Crippen molar-refractivity contribution in [1.29, 1.82) is 0 Å². The van der Waals surface area contributed by atoms with Crippen LogP contribution in [0.15, 0.2) is 63.8 Å². The number of carbonyl (C=O) groups excluding carboxylic acids is 2. The van der Waals surface area contributed by atoms with E-state index in [1.165, 1.54) is 11.3 Å². The van der Waals surface area contributed by atoms with Crippen LogP contribution >= 0.6 is 11.3 Å². The average molecular weight is 380 g/mol. The minimum Gasteiger partial charge on any atom is -0.450 e. The maximum atomic E-state index is 12.1. The molecule has 0 unspecified atom stereocenters. The first-order valence-corrected chi connectivity index (χ1v) is 8.77. The minimum atomic E-state index is -0.891. The molecule has 2 aromatic carbocycles. The van der Waals surface area contributed by atoms with Gasteiger partial charge in [-0.15, -0.1) is 0 Å². The van der Waals surface area contributed by atoms with Gasteiger partial charge in [0.05, 0.1) is 15.6 Å². The largest absolute Gasteiger partial charge is 0.450 e. The topological polar surface area (TPSA) is 98.5 Å². The highest BCUT2D eigenvalue weighted by molar-refractivity contribution is 7.22. The van der Waals surface area contributed by atoms with Crippen molar-refractivity contribution in [1.82, 2.24) is 4.98 Å². The highest BCUT2D eigenvalue weighted by Gasteiger charge is 2.16. The third kappa shape index (κ3) is 3.56. The van der Waals surface area contributed by atoms with E-state index in [0.717, 1.165) is 16.3 Å². The summed E-state index contributed by atoms with van der Waals surface area (Å²) in [6.07, 6.45) is 0. The summed E-state index contributed by atoms with van der Waals surface area (Å²) in [6, 6.07) is 15.1. The lowest BCUT2D eigenvalue weighted by Crippen LogP contribution is -2.21. The number of anilines is 1. The van der Waals surface area contributed by atoms with Gasteiger partial charge in [-0.2, -0.15) is 0 Å². The Balaban J connectivity index is 1.42. The zero-order valence-corrected chi connectivity index (χ0v) is 14.6. The second kappa shape index (κ2) is 7.00. The van der Waals surface area contributed by atoms with E-state index in [4.69, 9.17) is 9.15 Å². The van der Waals surface area contributed by atoms with Crippen molar-refractivity contribution in [2.24, 2.45) is 0 Å². The molecule has 0 bridgehead atoms. The summed E-state index contributed by atoms with van der Waals surface area (Å²) >= 11 is 1.32. The Kier molecular flexibility index (Phi) is 4.39. The summed E-state index contributed by atoms with van der Waals surface area (Å²) in [5.74, 6) is -1.69. The summed E-state index contributed by atoms with van der Waals surface area (Å²) in [4.78, 5) is 40.4. The first kappa shape index (κ1) is 16.9. The van der Waals surface area contributed by atoms with Crippen LogP contribution in [-0.2, 0) is 9.53 Å². The molecule has 0 saturated carbocycles. The highest BCUT2D eigenvalue weighted by atomic mass is 32.1. The number of thiazole rings is 1. The molecule has 4 rings (SSSR count). The first-order chi connectivity index (χ1) is 13.1. The van der Waals surface area contributed by atoms with Crippen LogP contribution in [0.1, 0.15) is 10.6 Å². The zero-order chi connectivity index (χ0) is 18.8. The van der Waals surface area contributed by atoms with E-state index in [1.54, 1.807) is 24.3 Å². The van der Waals surface area contributed by atoms with Crippen LogP contribution in [0, 0.1) is 0 Å². The summed E-state index contributed by atoms with van der Waals surface area (Å²) in [5, 5.41) is 3.35. The molecular weight excluding hydrogens is 368 g/mol. The average Bonchev–Trinajstić information content (AvgIpc) is 3.08. The lowest BCUT2D eigenvalue weighted by molar-refractivity contribution is -0.119. The normalized spacial score (nSPS) is 10.8. The van der Waals surface area contributed by atoms with Crippen LogP contribution in [0.4, 0.5) is 5.13 Å². The SMILES string of the molecule is O=C(COC(=O)c1cc(=O)c2ccccc2o1)Nc1nc2ccccc2s1. The fourth-order valence-corrected chi connectivity index (χ4v) is 3.37. The highest BCUT2D eigenvalue weighted by Crippen LogP contribution is 2.25. The van der Waals surface area contributed by atoms with Crippen LogP contribution in [0.2, 0.25) is 0 Å². The number of amides is 1. The third-order valence-corrected chi connectivity index (χ3v) is 4.66. The summed E-state index contributed by atoms with van der Waals surface area (Å²) < 4.78 is 11.2. The van der Waals surface area contributed by atoms with Gasteiger partial charge in [-0.25, -0.2) is 9.78 Å². The molecule has 2 heterocycles.